The summed E-state index contributed by atoms with van der Waals surface area (Å²) in [6.07, 6.45) is 2.10. The third-order valence-electron chi connectivity index (χ3n) is 3.55. The number of benzene rings is 2. The summed E-state index contributed by atoms with van der Waals surface area (Å²) < 4.78 is 0. The maximum absolute atomic E-state index is 10.9. The molecule has 0 amide bonds. The topological polar surface area (TPSA) is 20.2 Å². The van der Waals surface area contributed by atoms with Crippen LogP contribution >= 0.6 is 0 Å². The van der Waals surface area contributed by atoms with Crippen molar-refractivity contribution in [3.05, 3.63) is 71.8 Å². The van der Waals surface area contributed by atoms with Crippen LogP contribution in [0.25, 0.3) is 0 Å². The minimum absolute atomic E-state index is 0.270. The van der Waals surface area contributed by atoms with Crippen LogP contribution < -0.4 is 0 Å². The van der Waals surface area contributed by atoms with Gasteiger partial charge in [-0.3, -0.25) is 0 Å². The molecule has 94 valence electrons. The molecule has 2 aromatic rings. The Morgan fingerprint density at radius 1 is 0.895 bits per heavy atom. The van der Waals surface area contributed by atoms with E-state index in [9.17, 15) is 5.11 Å². The highest BCUT2D eigenvalue weighted by Gasteiger charge is 2.43. The van der Waals surface area contributed by atoms with Crippen molar-refractivity contribution >= 4 is 0 Å². The van der Waals surface area contributed by atoms with Gasteiger partial charge in [-0.1, -0.05) is 60.4 Å². The largest absolute Gasteiger partial charge is 0.373 e. The molecule has 0 aromatic heterocycles. The van der Waals surface area contributed by atoms with Gasteiger partial charge in [-0.15, -0.1) is 0 Å². The average molecular weight is 248 g/mol. The van der Waals surface area contributed by atoms with Crippen molar-refractivity contribution in [2.75, 3.05) is 0 Å². The fraction of sp³-hybridized carbons (Fsp3) is 0.222. The van der Waals surface area contributed by atoms with Crippen LogP contribution in [0.5, 0.6) is 0 Å². The third kappa shape index (κ3) is 2.54. The molecule has 0 bridgehead atoms. The van der Waals surface area contributed by atoms with E-state index in [2.05, 4.69) is 11.8 Å². The van der Waals surface area contributed by atoms with Crippen LogP contribution in [0.15, 0.2) is 60.7 Å². The highest BCUT2D eigenvalue weighted by molar-refractivity contribution is 5.41. The Labute approximate surface area is 113 Å². The van der Waals surface area contributed by atoms with Gasteiger partial charge in [0.05, 0.1) is 0 Å². The molecule has 0 radical (unpaired) electrons. The van der Waals surface area contributed by atoms with Gasteiger partial charge >= 0.3 is 0 Å². The molecule has 1 N–H and O–H groups in total. The van der Waals surface area contributed by atoms with E-state index in [-0.39, 0.29) is 5.92 Å². The first kappa shape index (κ1) is 12.0. The second kappa shape index (κ2) is 4.91. The minimum atomic E-state index is -1.00. The van der Waals surface area contributed by atoms with Crippen LogP contribution in [0.1, 0.15) is 24.0 Å². The van der Waals surface area contributed by atoms with Gasteiger partial charge in [-0.05, 0) is 30.5 Å². The van der Waals surface area contributed by atoms with Gasteiger partial charge in [-0.25, -0.2) is 0 Å². The zero-order valence-electron chi connectivity index (χ0n) is 10.7. The predicted octanol–water partition coefficient (Wildman–Crippen LogP) is 3.34. The number of rotatable bonds is 2. The van der Waals surface area contributed by atoms with E-state index in [0.29, 0.717) is 0 Å². The molecular weight excluding hydrogens is 232 g/mol. The zero-order valence-corrected chi connectivity index (χ0v) is 10.7. The maximum Gasteiger partial charge on any atom is 0.154 e. The minimum Gasteiger partial charge on any atom is -0.373 e. The Balaban J connectivity index is 1.97. The normalized spacial score (nSPS) is 17.1. The Morgan fingerprint density at radius 3 is 2.05 bits per heavy atom. The SMILES string of the molecule is OC(C#Cc1ccccc1)(c1ccccc1)C1CC1. The summed E-state index contributed by atoms with van der Waals surface area (Å²) >= 11 is 0. The van der Waals surface area contributed by atoms with Crippen LogP contribution in [0.3, 0.4) is 0 Å². The maximum atomic E-state index is 10.9. The van der Waals surface area contributed by atoms with E-state index >= 15 is 0 Å². The summed E-state index contributed by atoms with van der Waals surface area (Å²) in [7, 11) is 0. The fourth-order valence-electron chi connectivity index (χ4n) is 2.29. The zero-order chi connectivity index (χ0) is 13.1. The van der Waals surface area contributed by atoms with Gasteiger partial charge in [0.2, 0.25) is 0 Å². The molecule has 19 heavy (non-hydrogen) atoms. The summed E-state index contributed by atoms with van der Waals surface area (Å²) in [6, 6.07) is 19.6. The van der Waals surface area contributed by atoms with Crippen molar-refractivity contribution in [3.63, 3.8) is 0 Å². The fourth-order valence-corrected chi connectivity index (χ4v) is 2.29. The van der Waals surface area contributed by atoms with Crippen molar-refractivity contribution in [2.45, 2.75) is 18.4 Å². The quantitative estimate of drug-likeness (QED) is 0.808. The van der Waals surface area contributed by atoms with Gasteiger partial charge in [0.15, 0.2) is 5.60 Å². The molecule has 1 unspecified atom stereocenters. The lowest BCUT2D eigenvalue weighted by Gasteiger charge is -2.22. The lowest BCUT2D eigenvalue weighted by molar-refractivity contribution is 0.0757. The smallest absolute Gasteiger partial charge is 0.154 e. The summed E-state index contributed by atoms with van der Waals surface area (Å²) in [5.74, 6) is 6.47. The Kier molecular flexibility index (Phi) is 3.11. The van der Waals surface area contributed by atoms with Crippen molar-refractivity contribution in [1.29, 1.82) is 0 Å². The molecule has 1 nitrogen and oxygen atoms in total. The van der Waals surface area contributed by atoms with Crippen LogP contribution in [-0.2, 0) is 5.60 Å². The first-order valence-corrected chi connectivity index (χ1v) is 6.65. The third-order valence-corrected chi connectivity index (χ3v) is 3.55. The van der Waals surface area contributed by atoms with Crippen LogP contribution in [0.4, 0.5) is 0 Å². The van der Waals surface area contributed by atoms with Crippen LogP contribution in [0.2, 0.25) is 0 Å². The Morgan fingerprint density at radius 2 is 1.47 bits per heavy atom. The molecule has 0 heterocycles. The van der Waals surface area contributed by atoms with Gasteiger partial charge in [0, 0.05) is 11.5 Å². The standard InChI is InChI=1S/C18H16O/c19-18(17-11-12-17,16-9-5-2-6-10-16)14-13-15-7-3-1-4-8-15/h1-10,17,19H,11-12H2. The molecule has 1 atom stereocenters. The van der Waals surface area contributed by atoms with Crippen molar-refractivity contribution in [3.8, 4) is 11.8 Å². The van der Waals surface area contributed by atoms with Gasteiger partial charge in [0.25, 0.3) is 0 Å². The van der Waals surface area contributed by atoms with E-state index < -0.39 is 5.60 Å². The average Bonchev–Trinajstić information content (AvgIpc) is 3.32. The number of hydrogen-bond donors (Lipinski definition) is 1. The Bertz CT molecular complexity index is 602. The number of hydrogen-bond acceptors (Lipinski definition) is 1. The van der Waals surface area contributed by atoms with Gasteiger partial charge in [0.1, 0.15) is 0 Å². The predicted molar refractivity (Wildman–Crippen MR) is 76.4 cm³/mol. The molecule has 2 aromatic carbocycles. The summed E-state index contributed by atoms with van der Waals surface area (Å²) in [4.78, 5) is 0. The van der Waals surface area contributed by atoms with Gasteiger partial charge in [-0.2, -0.15) is 0 Å². The molecule has 1 fully saturated rings. The van der Waals surface area contributed by atoms with Crippen molar-refractivity contribution < 1.29 is 5.11 Å². The molecule has 1 saturated carbocycles. The molecule has 0 aliphatic heterocycles. The molecular formula is C18H16O. The summed E-state index contributed by atoms with van der Waals surface area (Å²) in [5.41, 5.74) is 0.843. The first-order chi connectivity index (χ1) is 9.29. The van der Waals surface area contributed by atoms with Crippen molar-refractivity contribution in [2.24, 2.45) is 5.92 Å². The lowest BCUT2D eigenvalue weighted by atomic mass is 9.89. The van der Waals surface area contributed by atoms with Crippen molar-refractivity contribution in [1.82, 2.24) is 0 Å². The molecule has 1 aliphatic carbocycles. The second-order valence-electron chi connectivity index (χ2n) is 5.02. The summed E-state index contributed by atoms with van der Waals surface area (Å²) in [5, 5.41) is 10.9. The molecule has 3 rings (SSSR count). The van der Waals surface area contributed by atoms with Crippen LogP contribution in [0, 0.1) is 17.8 Å². The molecule has 1 heteroatoms. The molecule has 0 saturated heterocycles. The highest BCUT2D eigenvalue weighted by Crippen LogP contribution is 2.45. The second-order valence-corrected chi connectivity index (χ2v) is 5.02. The van der Waals surface area contributed by atoms with Crippen LogP contribution in [-0.4, -0.2) is 5.11 Å². The number of aliphatic hydroxyl groups is 1. The Hall–Kier alpha value is -2.04. The highest BCUT2D eigenvalue weighted by atomic mass is 16.3. The van der Waals surface area contributed by atoms with E-state index in [1.807, 2.05) is 60.7 Å². The monoisotopic (exact) mass is 248 g/mol. The molecule has 1 aliphatic rings. The lowest BCUT2D eigenvalue weighted by Crippen LogP contribution is -2.26. The van der Waals surface area contributed by atoms with Gasteiger partial charge < -0.3 is 5.11 Å². The van der Waals surface area contributed by atoms with E-state index in [1.165, 1.54) is 0 Å². The summed E-state index contributed by atoms with van der Waals surface area (Å²) in [6.45, 7) is 0. The molecule has 0 spiro atoms. The van der Waals surface area contributed by atoms with E-state index in [1.54, 1.807) is 0 Å². The first-order valence-electron chi connectivity index (χ1n) is 6.65. The van der Waals surface area contributed by atoms with E-state index in [0.717, 1.165) is 24.0 Å². The van der Waals surface area contributed by atoms with E-state index in [4.69, 9.17) is 0 Å².